The fraction of sp³-hybridized carbons (Fsp3) is 0.404. The predicted octanol–water partition coefficient (Wildman–Crippen LogP) is 10.5. The molecule has 402 valence electrons. The van der Waals surface area contributed by atoms with Gasteiger partial charge >= 0.3 is 18.0 Å². The molecule has 2 aromatic heterocycles. The van der Waals surface area contributed by atoms with Gasteiger partial charge in [0.05, 0.1) is 10.0 Å². The van der Waals surface area contributed by atoms with Crippen molar-refractivity contribution in [3.05, 3.63) is 141 Å². The van der Waals surface area contributed by atoms with E-state index in [4.69, 9.17) is 28.9 Å². The number of benzene rings is 4. The van der Waals surface area contributed by atoms with Crippen LogP contribution in [-0.2, 0) is 20.9 Å². The first-order chi connectivity index (χ1) is 36.6. The van der Waals surface area contributed by atoms with Crippen LogP contribution < -0.4 is 11.1 Å². The highest BCUT2D eigenvalue weighted by atomic mass is 35.5. The van der Waals surface area contributed by atoms with Crippen molar-refractivity contribution in [3.8, 4) is 0 Å². The van der Waals surface area contributed by atoms with E-state index in [1.54, 1.807) is 21.9 Å². The Morgan fingerprint density at radius 1 is 0.645 bits per heavy atom. The zero-order valence-corrected chi connectivity index (χ0v) is 43.5. The van der Waals surface area contributed by atoms with Gasteiger partial charge in [-0.1, -0.05) is 47.5 Å². The lowest BCUT2D eigenvalue weighted by molar-refractivity contribution is -0.148. The average molecular weight is 1080 g/mol. The lowest BCUT2D eigenvalue weighted by Gasteiger charge is -2.41. The van der Waals surface area contributed by atoms with E-state index in [9.17, 15) is 42.6 Å². The third-order valence-corrected chi connectivity index (χ3v) is 16.8. The summed E-state index contributed by atoms with van der Waals surface area (Å²) in [4.78, 5) is 64.3. The quantitative estimate of drug-likeness (QED) is 0.0393. The summed E-state index contributed by atoms with van der Waals surface area (Å²) in [7, 11) is 0. The number of anilines is 1. The largest absolute Gasteiger partial charge is 0.480 e. The summed E-state index contributed by atoms with van der Waals surface area (Å²) >= 11 is 12.0. The average Bonchev–Trinajstić information content (AvgIpc) is 4.06. The Kier molecular flexibility index (Phi) is 17.3. The summed E-state index contributed by atoms with van der Waals surface area (Å²) in [5.74, 6) is -5.46. The molecule has 7 N–H and O–H groups in total. The first-order valence-electron chi connectivity index (χ1n) is 26.1. The molecular formula is C57H63Cl2F3N8O6. The van der Waals surface area contributed by atoms with Crippen molar-refractivity contribution in [3.63, 3.8) is 0 Å². The topological polar surface area (TPSA) is 191 Å². The number of aromatic amines is 2. The zero-order valence-electron chi connectivity index (χ0n) is 42.0. The van der Waals surface area contributed by atoms with Gasteiger partial charge in [-0.05, 0) is 178 Å². The fourth-order valence-electron chi connectivity index (χ4n) is 12.0. The van der Waals surface area contributed by atoms with Crippen molar-refractivity contribution in [1.82, 2.24) is 34.9 Å². The minimum atomic E-state index is -1.55. The molecule has 76 heavy (non-hydrogen) atoms. The van der Waals surface area contributed by atoms with Gasteiger partial charge < -0.3 is 41.0 Å². The van der Waals surface area contributed by atoms with Crippen LogP contribution in [0.1, 0.15) is 85.5 Å². The number of nitrogen functional groups attached to an aromatic ring is 1. The summed E-state index contributed by atoms with van der Waals surface area (Å²) in [5.41, 5.74) is 12.4. The maximum atomic E-state index is 13.4. The molecule has 10 rings (SSSR count). The lowest BCUT2D eigenvalue weighted by Crippen LogP contribution is -2.53. The molecule has 19 heteroatoms. The van der Waals surface area contributed by atoms with Crippen LogP contribution in [0.4, 0.5) is 23.7 Å². The van der Waals surface area contributed by atoms with Crippen molar-refractivity contribution >= 4 is 80.6 Å². The number of rotatable bonds is 12. The summed E-state index contributed by atoms with van der Waals surface area (Å²) in [6, 6.07) is 19.8. The van der Waals surface area contributed by atoms with Crippen LogP contribution in [-0.4, -0.2) is 128 Å². The number of aliphatic carboxylic acids is 2. The highest BCUT2D eigenvalue weighted by Gasteiger charge is 2.40. The number of para-hydroxylation sites is 1. The number of carboxylic acid groups (broad SMARTS) is 2. The molecule has 0 radical (unpaired) electrons. The number of nitrogens with one attached hydrogen (secondary N) is 3. The molecule has 4 aliphatic rings. The number of nitrogens with zero attached hydrogens (tertiary/aromatic N) is 4. The monoisotopic (exact) mass is 1080 g/mol. The molecular weight excluding hydrogens is 1020 g/mol. The van der Waals surface area contributed by atoms with Gasteiger partial charge in [-0.15, -0.1) is 0 Å². The highest BCUT2D eigenvalue weighted by molar-refractivity contribution is 6.42. The number of H-pyrrole nitrogens is 2. The van der Waals surface area contributed by atoms with E-state index in [1.165, 1.54) is 28.7 Å². The number of urea groups is 1. The van der Waals surface area contributed by atoms with Gasteiger partial charge in [-0.2, -0.15) is 0 Å². The Labute approximate surface area is 449 Å². The first-order valence-corrected chi connectivity index (χ1v) is 26.8. The number of carbonyl (C=O) groups is 4. The number of carboxylic acids is 2. The van der Waals surface area contributed by atoms with Gasteiger partial charge in [0.25, 0.3) is 0 Å². The van der Waals surface area contributed by atoms with Gasteiger partial charge in [0.2, 0.25) is 5.91 Å². The Morgan fingerprint density at radius 3 is 1.72 bits per heavy atom. The van der Waals surface area contributed by atoms with E-state index >= 15 is 0 Å². The SMILES string of the molecule is Nc1ccc2[nH]cc(C3CCN(C(C(=O)O)C4CCN(C(=O)/C=C/c5cc(F)c(F)c(F)c5)CC4)CC3)c2c1.O=C(O)C(C1CCN(C(=O)NCc2ccc(Cl)c(Cl)c2)CC1)N1CCC(c2c[nH]c3ccccc23)CC1. The summed E-state index contributed by atoms with van der Waals surface area (Å²) in [6.07, 6.45) is 12.6. The van der Waals surface area contributed by atoms with Crippen LogP contribution >= 0.6 is 23.2 Å². The molecule has 2 unspecified atom stereocenters. The number of carbonyl (C=O) groups excluding carboxylic acids is 2. The van der Waals surface area contributed by atoms with Crippen molar-refractivity contribution in [2.45, 2.75) is 81.8 Å². The Hall–Kier alpha value is -6.53. The second-order valence-electron chi connectivity index (χ2n) is 20.6. The number of hydrogen-bond donors (Lipinski definition) is 6. The van der Waals surface area contributed by atoms with Crippen molar-refractivity contribution in [2.24, 2.45) is 11.8 Å². The van der Waals surface area contributed by atoms with Gasteiger partial charge in [0, 0.05) is 78.7 Å². The molecule has 14 nitrogen and oxygen atoms in total. The molecule has 2 atom stereocenters. The molecule has 6 aromatic rings. The van der Waals surface area contributed by atoms with Gasteiger partial charge in [-0.25, -0.2) is 18.0 Å². The van der Waals surface area contributed by atoms with E-state index in [2.05, 4.69) is 49.5 Å². The summed E-state index contributed by atoms with van der Waals surface area (Å²) < 4.78 is 40.0. The smallest absolute Gasteiger partial charge is 0.321 e. The molecule has 0 saturated carbocycles. The molecule has 4 aromatic carbocycles. The normalized spacial score (nSPS) is 18.7. The maximum absolute atomic E-state index is 13.4. The molecule has 0 aliphatic carbocycles. The van der Waals surface area contributed by atoms with Crippen LogP contribution in [0, 0.1) is 29.3 Å². The van der Waals surface area contributed by atoms with Crippen molar-refractivity contribution in [2.75, 3.05) is 58.1 Å². The number of halogens is 5. The Bertz CT molecular complexity index is 3060. The minimum absolute atomic E-state index is 0.0289. The number of piperidine rings is 4. The number of fused-ring (bicyclic) bond motifs is 2. The third-order valence-electron chi connectivity index (χ3n) is 16.0. The number of hydrogen-bond acceptors (Lipinski definition) is 7. The van der Waals surface area contributed by atoms with Crippen LogP contribution in [0.25, 0.3) is 27.9 Å². The summed E-state index contributed by atoms with van der Waals surface area (Å²) in [5, 5.41) is 26.5. The van der Waals surface area contributed by atoms with E-state index < -0.39 is 41.5 Å². The highest BCUT2D eigenvalue weighted by Crippen LogP contribution is 2.38. The molecule has 4 saturated heterocycles. The van der Waals surface area contributed by atoms with E-state index in [0.29, 0.717) is 99.1 Å². The molecule has 4 fully saturated rings. The van der Waals surface area contributed by atoms with E-state index in [-0.39, 0.29) is 29.3 Å². The zero-order chi connectivity index (χ0) is 53.6. The van der Waals surface area contributed by atoms with Crippen LogP contribution in [0.5, 0.6) is 0 Å². The second-order valence-corrected chi connectivity index (χ2v) is 21.4. The number of nitrogens with two attached hydrogens (primary N) is 1. The molecule has 0 bridgehead atoms. The number of aromatic nitrogens is 2. The van der Waals surface area contributed by atoms with Crippen LogP contribution in [0.3, 0.4) is 0 Å². The van der Waals surface area contributed by atoms with E-state index in [1.807, 2.05) is 36.5 Å². The molecule has 6 heterocycles. The second kappa shape index (κ2) is 24.2. The lowest BCUT2D eigenvalue weighted by atomic mass is 9.84. The standard InChI is InChI=1S/C29H31F3N4O3.C28H32Cl2N4O3/c30-23-13-17(14-24(31)27(23)32)1-4-26(37)35-9-7-19(8-10-35)28(29(38)39)36-11-5-18(6-12-36)22-16-34-25-3-2-20(33)15-21(22)25;29-23-6-5-18(15-24(23)30)16-32-28(37)34-13-9-20(10-14-34)26(27(35)36)33-11-7-19(8-12-33)22-17-31-25-4-2-1-3-21(22)25/h1-4,13-16,18-19,28,34H,5-12,33H2,(H,38,39);1-6,15,17,19-20,26,31H,7-14,16H2,(H,32,37)(H,35,36)/b4-1+;. The first kappa shape index (κ1) is 54.3. The molecule has 4 aliphatic heterocycles. The van der Waals surface area contributed by atoms with Gasteiger partial charge in [0.15, 0.2) is 17.5 Å². The van der Waals surface area contributed by atoms with Gasteiger partial charge in [-0.3, -0.25) is 24.2 Å². The Morgan fingerprint density at radius 2 is 1.17 bits per heavy atom. The summed E-state index contributed by atoms with van der Waals surface area (Å²) in [6.45, 7) is 5.11. The van der Waals surface area contributed by atoms with Crippen molar-refractivity contribution in [1.29, 1.82) is 0 Å². The maximum Gasteiger partial charge on any atom is 0.321 e. The fourth-order valence-corrected chi connectivity index (χ4v) is 12.3. The van der Waals surface area contributed by atoms with E-state index in [0.717, 1.165) is 72.9 Å². The number of amides is 3. The predicted molar refractivity (Wildman–Crippen MR) is 289 cm³/mol. The van der Waals surface area contributed by atoms with Crippen LogP contribution in [0.2, 0.25) is 10.0 Å². The van der Waals surface area contributed by atoms with Gasteiger partial charge in [0.1, 0.15) is 12.1 Å². The van der Waals surface area contributed by atoms with Crippen molar-refractivity contribution < 1.29 is 42.6 Å². The third kappa shape index (κ3) is 12.5. The van der Waals surface area contributed by atoms with Crippen LogP contribution in [0.15, 0.2) is 91.3 Å². The Balaban J connectivity index is 0.000000186. The molecule has 0 spiro atoms. The number of likely N-dealkylation sites (tertiary alicyclic amines) is 4. The minimum Gasteiger partial charge on any atom is -0.480 e. The molecule has 3 amide bonds.